The fourth-order valence-corrected chi connectivity index (χ4v) is 3.44. The molecule has 0 atom stereocenters. The second-order valence-corrected chi connectivity index (χ2v) is 6.96. The van der Waals surface area contributed by atoms with Gasteiger partial charge in [-0.1, -0.05) is 0 Å². The van der Waals surface area contributed by atoms with Crippen molar-refractivity contribution in [1.29, 1.82) is 0 Å². The van der Waals surface area contributed by atoms with E-state index < -0.39 is 17.7 Å². The monoisotopic (exact) mass is 352 g/mol. The molecule has 0 aliphatic carbocycles. The summed E-state index contributed by atoms with van der Waals surface area (Å²) in [5, 5.41) is 6.00. The normalized spacial score (nSPS) is 14.0. The number of rotatable bonds is 4. The number of carbonyl (C=O) groups is 1. The molecule has 0 saturated carbocycles. The van der Waals surface area contributed by atoms with E-state index in [2.05, 4.69) is 15.6 Å². The highest BCUT2D eigenvalue weighted by atomic mass is 32.1. The molecule has 2 heterocycles. The van der Waals surface area contributed by atoms with E-state index in [-0.39, 0.29) is 11.4 Å². The number of anilines is 2. The molecule has 1 saturated heterocycles. The summed E-state index contributed by atoms with van der Waals surface area (Å²) in [6, 6.07) is 1.77. The number of halogens is 2. The Morgan fingerprint density at radius 1 is 1.29 bits per heavy atom. The molecule has 0 radical (unpaired) electrons. The number of benzene rings is 1. The Morgan fingerprint density at radius 3 is 2.54 bits per heavy atom. The fourth-order valence-electron chi connectivity index (χ4n) is 2.71. The zero-order valence-corrected chi connectivity index (χ0v) is 14.1. The average Bonchev–Trinajstić information content (AvgIpc) is 3.16. The van der Waals surface area contributed by atoms with Crippen molar-refractivity contribution in [3.05, 3.63) is 39.8 Å². The highest BCUT2D eigenvalue weighted by Gasteiger charge is 2.21. The quantitative estimate of drug-likeness (QED) is 0.883. The van der Waals surface area contributed by atoms with Crippen LogP contribution >= 0.6 is 11.3 Å². The van der Waals surface area contributed by atoms with Crippen molar-refractivity contribution in [1.82, 2.24) is 10.3 Å². The predicted molar refractivity (Wildman–Crippen MR) is 90.5 cm³/mol. The maximum atomic E-state index is 14.2. The highest BCUT2D eigenvalue weighted by molar-refractivity contribution is 7.11. The van der Waals surface area contributed by atoms with Gasteiger partial charge in [0.25, 0.3) is 0 Å². The van der Waals surface area contributed by atoms with Gasteiger partial charge in [-0.25, -0.2) is 18.6 Å². The lowest BCUT2D eigenvalue weighted by molar-refractivity contribution is 0.252. The number of aryl methyl sites for hydroxylation is 1. The van der Waals surface area contributed by atoms with Crippen LogP contribution in [0, 0.1) is 18.6 Å². The Balaban J connectivity index is 1.63. The molecule has 8 heteroatoms. The van der Waals surface area contributed by atoms with Crippen molar-refractivity contribution in [3.63, 3.8) is 0 Å². The van der Waals surface area contributed by atoms with Gasteiger partial charge in [-0.05, 0) is 31.9 Å². The van der Waals surface area contributed by atoms with Gasteiger partial charge < -0.3 is 15.5 Å². The summed E-state index contributed by atoms with van der Waals surface area (Å²) in [6.07, 6.45) is 3.54. The van der Waals surface area contributed by atoms with Crippen molar-refractivity contribution in [2.45, 2.75) is 26.3 Å². The molecule has 1 aromatic carbocycles. The van der Waals surface area contributed by atoms with E-state index in [1.807, 2.05) is 6.92 Å². The van der Waals surface area contributed by atoms with E-state index in [4.69, 9.17) is 0 Å². The van der Waals surface area contributed by atoms with Crippen molar-refractivity contribution in [3.8, 4) is 0 Å². The molecule has 1 aliphatic heterocycles. The van der Waals surface area contributed by atoms with Crippen LogP contribution < -0.4 is 15.5 Å². The summed E-state index contributed by atoms with van der Waals surface area (Å²) in [4.78, 5) is 18.6. The van der Waals surface area contributed by atoms with Crippen molar-refractivity contribution < 1.29 is 13.6 Å². The Bertz CT molecular complexity index is 720. The summed E-state index contributed by atoms with van der Waals surface area (Å²) in [5.41, 5.74) is 0.0736. The first-order chi connectivity index (χ1) is 11.5. The molecule has 2 aromatic rings. The van der Waals surface area contributed by atoms with Gasteiger partial charge in [0.2, 0.25) is 0 Å². The Morgan fingerprint density at radius 2 is 1.96 bits per heavy atom. The van der Waals surface area contributed by atoms with Gasteiger partial charge >= 0.3 is 6.03 Å². The van der Waals surface area contributed by atoms with Crippen LogP contribution in [0.1, 0.15) is 22.7 Å². The molecule has 1 aliphatic rings. The fraction of sp³-hybridized carbons (Fsp3) is 0.375. The van der Waals surface area contributed by atoms with E-state index in [0.29, 0.717) is 19.6 Å². The van der Waals surface area contributed by atoms with Gasteiger partial charge in [-0.2, -0.15) is 0 Å². The summed E-state index contributed by atoms with van der Waals surface area (Å²) in [7, 11) is 0. The Hall–Kier alpha value is -2.22. The van der Waals surface area contributed by atoms with Gasteiger partial charge in [0, 0.05) is 29.9 Å². The minimum Gasteiger partial charge on any atom is -0.367 e. The Labute approximate surface area is 142 Å². The molecule has 0 spiro atoms. The van der Waals surface area contributed by atoms with Crippen LogP contribution in [0.15, 0.2) is 18.3 Å². The van der Waals surface area contributed by atoms with Crippen LogP contribution in [-0.2, 0) is 6.54 Å². The molecule has 3 rings (SSSR count). The van der Waals surface area contributed by atoms with E-state index in [1.54, 1.807) is 11.1 Å². The maximum Gasteiger partial charge on any atom is 0.319 e. The molecular weight excluding hydrogens is 334 g/mol. The number of urea groups is 1. The Kier molecular flexibility index (Phi) is 4.94. The molecule has 1 aromatic heterocycles. The molecule has 2 amide bonds. The first-order valence-corrected chi connectivity index (χ1v) is 8.55. The lowest BCUT2D eigenvalue weighted by Gasteiger charge is -2.19. The van der Waals surface area contributed by atoms with E-state index in [1.165, 1.54) is 11.3 Å². The van der Waals surface area contributed by atoms with Crippen LogP contribution in [0.5, 0.6) is 0 Å². The molecule has 0 unspecified atom stereocenters. The first kappa shape index (κ1) is 16.6. The summed E-state index contributed by atoms with van der Waals surface area (Å²) >= 11 is 1.48. The molecule has 128 valence electrons. The number of thiazole rings is 1. The number of carbonyl (C=O) groups excluding carboxylic acids is 1. The van der Waals surface area contributed by atoms with Gasteiger partial charge in [-0.15, -0.1) is 11.3 Å². The molecule has 2 N–H and O–H groups in total. The number of nitrogens with zero attached hydrogens (tertiary/aromatic N) is 2. The van der Waals surface area contributed by atoms with Crippen LogP contribution in [0.4, 0.5) is 25.0 Å². The third-order valence-corrected chi connectivity index (χ3v) is 4.70. The number of aromatic nitrogens is 1. The molecule has 5 nitrogen and oxygen atoms in total. The van der Waals surface area contributed by atoms with Gasteiger partial charge in [0.05, 0.1) is 11.6 Å². The van der Waals surface area contributed by atoms with E-state index >= 15 is 0 Å². The zero-order chi connectivity index (χ0) is 17.1. The van der Waals surface area contributed by atoms with Crippen molar-refractivity contribution in [2.24, 2.45) is 0 Å². The maximum absolute atomic E-state index is 14.2. The smallest absolute Gasteiger partial charge is 0.319 e. The number of hydrogen-bond donors (Lipinski definition) is 2. The number of nitrogens with one attached hydrogen (secondary N) is 2. The average molecular weight is 352 g/mol. The van der Waals surface area contributed by atoms with Gasteiger partial charge in [0.1, 0.15) is 5.69 Å². The largest absolute Gasteiger partial charge is 0.367 e. The summed E-state index contributed by atoms with van der Waals surface area (Å²) < 4.78 is 28.4. The second kappa shape index (κ2) is 7.12. The van der Waals surface area contributed by atoms with Crippen LogP contribution in [0.3, 0.4) is 0 Å². The minimum absolute atomic E-state index is 0.0152. The highest BCUT2D eigenvalue weighted by Crippen LogP contribution is 2.29. The molecule has 1 fully saturated rings. The van der Waals surface area contributed by atoms with Crippen LogP contribution in [0.2, 0.25) is 0 Å². The number of hydrogen-bond acceptors (Lipinski definition) is 4. The predicted octanol–water partition coefficient (Wildman–Crippen LogP) is 3.65. The van der Waals surface area contributed by atoms with Gasteiger partial charge in [-0.3, -0.25) is 0 Å². The first-order valence-electron chi connectivity index (χ1n) is 7.73. The van der Waals surface area contributed by atoms with E-state index in [0.717, 1.165) is 34.9 Å². The lowest BCUT2D eigenvalue weighted by atomic mass is 10.2. The molecule has 24 heavy (non-hydrogen) atoms. The summed E-state index contributed by atoms with van der Waals surface area (Å²) in [5.74, 6) is -1.32. The van der Waals surface area contributed by atoms with Crippen LogP contribution in [-0.4, -0.2) is 24.1 Å². The minimum atomic E-state index is -0.662. The van der Waals surface area contributed by atoms with Crippen LogP contribution in [0.25, 0.3) is 0 Å². The number of amides is 2. The standard InChI is InChI=1S/C16H18F2N4OS/c1-10-19-8-12(24-10)9-20-16(23)21-11-6-13(17)15(14(18)7-11)22-4-2-3-5-22/h6-8H,2-5,9H2,1H3,(H2,20,21,23). The summed E-state index contributed by atoms with van der Waals surface area (Å²) in [6.45, 7) is 3.49. The SMILES string of the molecule is Cc1ncc(CNC(=O)Nc2cc(F)c(N3CCCC3)c(F)c2)s1. The third kappa shape index (κ3) is 3.81. The van der Waals surface area contributed by atoms with Gasteiger partial charge in [0.15, 0.2) is 11.6 Å². The second-order valence-electron chi connectivity index (χ2n) is 5.64. The van der Waals surface area contributed by atoms with Crippen molar-refractivity contribution >= 4 is 28.7 Å². The topological polar surface area (TPSA) is 57.3 Å². The molecular formula is C16H18F2N4OS. The zero-order valence-electron chi connectivity index (χ0n) is 13.2. The molecule has 0 bridgehead atoms. The van der Waals surface area contributed by atoms with Crippen molar-refractivity contribution in [2.75, 3.05) is 23.3 Å². The third-order valence-electron chi connectivity index (χ3n) is 3.79. The lowest BCUT2D eigenvalue weighted by Crippen LogP contribution is -2.28. The van der Waals surface area contributed by atoms with E-state index in [9.17, 15) is 13.6 Å².